The Labute approximate surface area is 75.1 Å². The van der Waals surface area contributed by atoms with Gasteiger partial charge in [0.1, 0.15) is 0 Å². The zero-order valence-corrected chi connectivity index (χ0v) is 8.21. The molecule has 72 valence electrons. The van der Waals surface area contributed by atoms with Crippen LogP contribution in [0, 0.1) is 0 Å². The quantitative estimate of drug-likeness (QED) is 0.648. The molecule has 1 fully saturated rings. The highest BCUT2D eigenvalue weighted by molar-refractivity contribution is 7.82. The monoisotopic (exact) mass is 193 g/mol. The lowest BCUT2D eigenvalue weighted by Gasteiger charge is -2.12. The van der Waals surface area contributed by atoms with Gasteiger partial charge in [0, 0.05) is 26.0 Å². The van der Waals surface area contributed by atoms with Gasteiger partial charge in [-0.25, -0.2) is 8.51 Å². The first-order chi connectivity index (χ1) is 5.69. The Hall–Kier alpha value is 0.0300. The summed E-state index contributed by atoms with van der Waals surface area (Å²) in [6, 6.07) is 0. The predicted molar refractivity (Wildman–Crippen MR) is 47.1 cm³/mol. The Morgan fingerprint density at radius 2 is 2.33 bits per heavy atom. The molecule has 0 amide bonds. The molecule has 0 aliphatic carbocycles. The minimum Gasteiger partial charge on any atom is -0.389 e. The second-order valence-corrected chi connectivity index (χ2v) is 4.54. The van der Waals surface area contributed by atoms with Gasteiger partial charge in [-0.1, -0.05) is 6.92 Å². The molecular formula is C7H15NO3S. The molecule has 3 atom stereocenters. The number of β-amino-alcohol motifs (C(OH)–C–C–N with tert-alkyl or cyclic N) is 1. The first-order valence-electron chi connectivity index (χ1n) is 4.03. The molecule has 4 nitrogen and oxygen atoms in total. The maximum Gasteiger partial charge on any atom is 0.0979 e. The summed E-state index contributed by atoms with van der Waals surface area (Å²) in [7, 11) is 0.610. The van der Waals surface area contributed by atoms with E-state index in [4.69, 9.17) is 4.74 Å². The summed E-state index contributed by atoms with van der Waals surface area (Å²) in [6.45, 7) is 2.89. The Balaban J connectivity index is 2.48. The minimum atomic E-state index is -0.952. The van der Waals surface area contributed by atoms with Gasteiger partial charge in [-0.3, -0.25) is 0 Å². The van der Waals surface area contributed by atoms with Crippen molar-refractivity contribution in [2.24, 2.45) is 0 Å². The van der Waals surface area contributed by atoms with Crippen molar-refractivity contribution in [3.63, 3.8) is 0 Å². The number of aliphatic hydroxyl groups is 1. The molecule has 1 unspecified atom stereocenters. The molecule has 0 aromatic heterocycles. The Morgan fingerprint density at radius 3 is 2.75 bits per heavy atom. The summed E-state index contributed by atoms with van der Waals surface area (Å²) in [4.78, 5) is 0. The molecule has 0 spiro atoms. The highest BCUT2D eigenvalue weighted by Gasteiger charge is 2.33. The fourth-order valence-electron chi connectivity index (χ4n) is 1.30. The molecule has 0 aromatic carbocycles. The summed E-state index contributed by atoms with van der Waals surface area (Å²) < 4.78 is 18.1. The predicted octanol–water partition coefficient (Wildman–Crippen LogP) is -0.639. The van der Waals surface area contributed by atoms with E-state index < -0.39 is 17.1 Å². The average Bonchev–Trinajstić information content (AvgIpc) is 2.45. The van der Waals surface area contributed by atoms with Crippen LogP contribution in [0.5, 0.6) is 0 Å². The topological polar surface area (TPSA) is 49.8 Å². The van der Waals surface area contributed by atoms with Crippen LogP contribution in [0.15, 0.2) is 0 Å². The molecule has 1 N–H and O–H groups in total. The lowest BCUT2D eigenvalue weighted by Crippen LogP contribution is -2.26. The Bertz CT molecular complexity index is 176. The van der Waals surface area contributed by atoms with Crippen LogP contribution in [-0.2, 0) is 15.7 Å². The van der Waals surface area contributed by atoms with Crippen molar-refractivity contribution in [1.29, 1.82) is 0 Å². The van der Waals surface area contributed by atoms with E-state index in [1.165, 1.54) is 0 Å². The SMILES string of the molecule is CCS(=O)N1C[C@@H](O)[C@H](OC)C1. The maximum atomic E-state index is 11.3. The zero-order valence-electron chi connectivity index (χ0n) is 7.40. The Morgan fingerprint density at radius 1 is 1.67 bits per heavy atom. The average molecular weight is 193 g/mol. The number of nitrogens with zero attached hydrogens (tertiary/aromatic N) is 1. The van der Waals surface area contributed by atoms with Crippen molar-refractivity contribution in [3.8, 4) is 0 Å². The van der Waals surface area contributed by atoms with Crippen LogP contribution in [0.1, 0.15) is 6.92 Å². The summed E-state index contributed by atoms with van der Waals surface area (Å²) in [5, 5.41) is 9.40. The minimum absolute atomic E-state index is 0.180. The van der Waals surface area contributed by atoms with Crippen molar-refractivity contribution in [2.45, 2.75) is 19.1 Å². The van der Waals surface area contributed by atoms with Crippen LogP contribution in [0.4, 0.5) is 0 Å². The van der Waals surface area contributed by atoms with E-state index in [1.807, 2.05) is 6.92 Å². The van der Waals surface area contributed by atoms with Gasteiger partial charge in [0.05, 0.1) is 23.2 Å². The lowest BCUT2D eigenvalue weighted by atomic mass is 10.3. The largest absolute Gasteiger partial charge is 0.389 e. The number of hydrogen-bond donors (Lipinski definition) is 1. The first-order valence-corrected chi connectivity index (χ1v) is 5.31. The van der Waals surface area contributed by atoms with E-state index in [0.29, 0.717) is 18.8 Å². The number of methoxy groups -OCH3 is 1. The van der Waals surface area contributed by atoms with E-state index in [-0.39, 0.29) is 6.10 Å². The van der Waals surface area contributed by atoms with Crippen molar-refractivity contribution in [3.05, 3.63) is 0 Å². The van der Waals surface area contributed by atoms with Crippen LogP contribution in [0.25, 0.3) is 0 Å². The van der Waals surface area contributed by atoms with E-state index in [1.54, 1.807) is 11.4 Å². The number of aliphatic hydroxyl groups excluding tert-OH is 1. The lowest BCUT2D eigenvalue weighted by molar-refractivity contribution is 0.0216. The molecule has 0 saturated carbocycles. The first kappa shape index (κ1) is 10.1. The number of rotatable bonds is 3. The van der Waals surface area contributed by atoms with Crippen molar-refractivity contribution in [1.82, 2.24) is 4.31 Å². The molecule has 1 rings (SSSR count). The number of ether oxygens (including phenoxy) is 1. The highest BCUT2D eigenvalue weighted by Crippen LogP contribution is 2.14. The third-order valence-electron chi connectivity index (χ3n) is 2.04. The van der Waals surface area contributed by atoms with E-state index >= 15 is 0 Å². The Kier molecular flexibility index (Phi) is 3.64. The molecule has 0 bridgehead atoms. The van der Waals surface area contributed by atoms with Gasteiger partial charge >= 0.3 is 0 Å². The molecule has 1 aliphatic heterocycles. The highest BCUT2D eigenvalue weighted by atomic mass is 32.2. The molecule has 0 radical (unpaired) electrons. The van der Waals surface area contributed by atoms with Gasteiger partial charge in [0.25, 0.3) is 0 Å². The van der Waals surface area contributed by atoms with Gasteiger partial charge in [0.15, 0.2) is 0 Å². The second kappa shape index (κ2) is 4.32. The van der Waals surface area contributed by atoms with Gasteiger partial charge in [0.2, 0.25) is 0 Å². The smallest absolute Gasteiger partial charge is 0.0979 e. The van der Waals surface area contributed by atoms with Crippen LogP contribution >= 0.6 is 0 Å². The molecule has 1 saturated heterocycles. The van der Waals surface area contributed by atoms with Crippen molar-refractivity contribution >= 4 is 11.0 Å². The zero-order chi connectivity index (χ0) is 9.14. The molecule has 5 heteroatoms. The van der Waals surface area contributed by atoms with Gasteiger partial charge in [-0.05, 0) is 0 Å². The molecular weight excluding hydrogens is 178 g/mol. The van der Waals surface area contributed by atoms with Gasteiger partial charge < -0.3 is 9.84 Å². The van der Waals surface area contributed by atoms with Crippen LogP contribution in [0.3, 0.4) is 0 Å². The molecule has 1 aliphatic rings. The third kappa shape index (κ3) is 2.04. The maximum absolute atomic E-state index is 11.3. The van der Waals surface area contributed by atoms with Gasteiger partial charge in [-0.2, -0.15) is 0 Å². The van der Waals surface area contributed by atoms with E-state index in [0.717, 1.165) is 0 Å². The number of hydrogen-bond acceptors (Lipinski definition) is 3. The van der Waals surface area contributed by atoms with Crippen LogP contribution < -0.4 is 0 Å². The van der Waals surface area contributed by atoms with Crippen molar-refractivity contribution in [2.75, 3.05) is 26.0 Å². The fourth-order valence-corrected chi connectivity index (χ4v) is 2.30. The van der Waals surface area contributed by atoms with E-state index in [2.05, 4.69) is 0 Å². The summed E-state index contributed by atoms with van der Waals surface area (Å²) in [5.74, 6) is 0.600. The standard InChI is InChI=1S/C7H15NO3S/c1-3-12(10)8-4-6(9)7(5-8)11-2/h6-7,9H,3-5H2,1-2H3/t6-,7-,12?/m1/s1. The molecule has 0 aromatic rings. The van der Waals surface area contributed by atoms with Crippen LogP contribution in [-0.4, -0.2) is 51.8 Å². The second-order valence-electron chi connectivity index (χ2n) is 2.80. The van der Waals surface area contributed by atoms with E-state index in [9.17, 15) is 9.32 Å². The fraction of sp³-hybridized carbons (Fsp3) is 1.00. The van der Waals surface area contributed by atoms with Crippen molar-refractivity contribution < 1.29 is 14.1 Å². The third-order valence-corrected chi connectivity index (χ3v) is 3.41. The van der Waals surface area contributed by atoms with Crippen LogP contribution in [0.2, 0.25) is 0 Å². The molecule has 1 heterocycles. The summed E-state index contributed by atoms with van der Waals surface area (Å²) >= 11 is 0. The summed E-state index contributed by atoms with van der Waals surface area (Å²) in [5.41, 5.74) is 0. The molecule has 12 heavy (non-hydrogen) atoms. The summed E-state index contributed by atoms with van der Waals surface area (Å²) in [6.07, 6.45) is -0.675. The normalized spacial score (nSPS) is 33.9. The van der Waals surface area contributed by atoms with Gasteiger partial charge in [-0.15, -0.1) is 0 Å².